The Kier molecular flexibility index (Phi) is 4.78. The lowest BCUT2D eigenvalue weighted by atomic mass is 9.98. The summed E-state index contributed by atoms with van der Waals surface area (Å²) < 4.78 is 11.1. The van der Waals surface area contributed by atoms with Crippen molar-refractivity contribution < 1.29 is 9.26 Å². The molecule has 1 aliphatic rings. The maximum atomic E-state index is 6.22. The molecular weight excluding hydrogens is 256 g/mol. The summed E-state index contributed by atoms with van der Waals surface area (Å²) in [6, 6.07) is 0.493. The average Bonchev–Trinajstić information content (AvgIpc) is 2.89. The third-order valence-electron chi connectivity index (χ3n) is 3.82. The molecule has 1 aromatic heterocycles. The van der Waals surface area contributed by atoms with Crippen molar-refractivity contribution in [3.63, 3.8) is 0 Å². The average molecular weight is 282 g/mol. The van der Waals surface area contributed by atoms with Crippen molar-refractivity contribution in [1.29, 1.82) is 0 Å². The first kappa shape index (κ1) is 15.4. The van der Waals surface area contributed by atoms with E-state index in [4.69, 9.17) is 15.0 Å². The highest BCUT2D eigenvalue weighted by Gasteiger charge is 2.31. The molecule has 2 unspecified atom stereocenters. The molecule has 0 amide bonds. The minimum atomic E-state index is -0.563. The first-order valence-electron chi connectivity index (χ1n) is 7.42. The van der Waals surface area contributed by atoms with Gasteiger partial charge in [-0.2, -0.15) is 4.98 Å². The minimum Gasteiger partial charge on any atom is -0.367 e. The third kappa shape index (κ3) is 3.37. The molecule has 6 nitrogen and oxygen atoms in total. The molecule has 0 bridgehead atoms. The molecule has 0 aliphatic carbocycles. The molecule has 1 saturated heterocycles. The van der Waals surface area contributed by atoms with Gasteiger partial charge in [0.1, 0.15) is 6.10 Å². The Morgan fingerprint density at radius 3 is 2.90 bits per heavy atom. The highest BCUT2D eigenvalue weighted by Crippen LogP contribution is 2.25. The van der Waals surface area contributed by atoms with Crippen LogP contribution in [0.15, 0.2) is 4.52 Å². The number of nitrogens with zero attached hydrogens (tertiary/aromatic N) is 3. The van der Waals surface area contributed by atoms with Crippen molar-refractivity contribution in [2.45, 2.75) is 58.2 Å². The zero-order valence-electron chi connectivity index (χ0n) is 12.9. The molecule has 2 heterocycles. The van der Waals surface area contributed by atoms with Gasteiger partial charge >= 0.3 is 0 Å². The maximum Gasteiger partial charge on any atom is 0.246 e. The van der Waals surface area contributed by atoms with Gasteiger partial charge < -0.3 is 15.0 Å². The molecule has 0 spiro atoms. The van der Waals surface area contributed by atoms with Crippen molar-refractivity contribution >= 4 is 0 Å². The summed E-state index contributed by atoms with van der Waals surface area (Å²) in [6.07, 6.45) is 1.67. The fourth-order valence-corrected chi connectivity index (χ4v) is 2.52. The van der Waals surface area contributed by atoms with Crippen molar-refractivity contribution in [2.24, 2.45) is 5.73 Å². The van der Waals surface area contributed by atoms with Crippen molar-refractivity contribution in [3.8, 4) is 0 Å². The van der Waals surface area contributed by atoms with Crippen LogP contribution in [-0.2, 0) is 10.3 Å². The van der Waals surface area contributed by atoms with Crippen LogP contribution in [-0.4, -0.2) is 40.8 Å². The van der Waals surface area contributed by atoms with E-state index in [9.17, 15) is 0 Å². The lowest BCUT2D eigenvalue weighted by molar-refractivity contribution is -0.0450. The van der Waals surface area contributed by atoms with Gasteiger partial charge in [-0.1, -0.05) is 18.5 Å². The van der Waals surface area contributed by atoms with E-state index in [1.54, 1.807) is 0 Å². The van der Waals surface area contributed by atoms with Gasteiger partial charge in [0.25, 0.3) is 0 Å². The van der Waals surface area contributed by atoms with Gasteiger partial charge in [-0.3, -0.25) is 4.90 Å². The third-order valence-corrected chi connectivity index (χ3v) is 3.82. The first-order chi connectivity index (χ1) is 9.44. The van der Waals surface area contributed by atoms with Crippen LogP contribution in [0, 0.1) is 0 Å². The molecule has 1 fully saturated rings. The number of hydrogen-bond acceptors (Lipinski definition) is 6. The molecular formula is C14H26N4O2. The predicted octanol–water partition coefficient (Wildman–Crippen LogP) is 1.83. The first-order valence-corrected chi connectivity index (χ1v) is 7.42. The summed E-state index contributed by atoms with van der Waals surface area (Å²) >= 11 is 0. The quantitative estimate of drug-likeness (QED) is 0.887. The highest BCUT2D eigenvalue weighted by atomic mass is 16.5. The van der Waals surface area contributed by atoms with E-state index >= 15 is 0 Å². The van der Waals surface area contributed by atoms with E-state index in [1.807, 2.05) is 6.92 Å². The van der Waals surface area contributed by atoms with Gasteiger partial charge in [-0.05, 0) is 27.2 Å². The fourth-order valence-electron chi connectivity index (χ4n) is 2.52. The van der Waals surface area contributed by atoms with Gasteiger partial charge in [0.2, 0.25) is 11.7 Å². The Bertz CT molecular complexity index is 431. The summed E-state index contributed by atoms with van der Waals surface area (Å²) in [5.74, 6) is 1.11. The molecule has 2 N–H and O–H groups in total. The molecule has 0 aromatic carbocycles. The predicted molar refractivity (Wildman–Crippen MR) is 76.1 cm³/mol. The number of hydrogen-bond donors (Lipinski definition) is 1. The SMILES string of the molecule is CCCC(C)(N)c1nc(C2CN(C(C)C)CCO2)no1. The zero-order valence-corrected chi connectivity index (χ0v) is 12.9. The second kappa shape index (κ2) is 6.20. The molecule has 0 radical (unpaired) electrons. The summed E-state index contributed by atoms with van der Waals surface area (Å²) in [4.78, 5) is 6.82. The van der Waals surface area contributed by atoms with Gasteiger partial charge in [0.15, 0.2) is 0 Å². The Balaban J connectivity index is 2.08. The van der Waals surface area contributed by atoms with E-state index in [1.165, 1.54) is 0 Å². The van der Waals surface area contributed by atoms with E-state index in [0.29, 0.717) is 24.4 Å². The Morgan fingerprint density at radius 1 is 1.50 bits per heavy atom. The summed E-state index contributed by atoms with van der Waals surface area (Å²) in [5.41, 5.74) is 5.66. The molecule has 1 aliphatic heterocycles. The lowest BCUT2D eigenvalue weighted by Crippen LogP contribution is -2.42. The van der Waals surface area contributed by atoms with Crippen LogP contribution in [0.2, 0.25) is 0 Å². The standard InChI is InChI=1S/C14H26N4O2/c1-5-6-14(4,15)13-16-12(17-20-13)11-9-18(10(2)3)7-8-19-11/h10-11H,5-9,15H2,1-4H3. The fraction of sp³-hybridized carbons (Fsp3) is 0.857. The van der Waals surface area contributed by atoms with Crippen LogP contribution >= 0.6 is 0 Å². The van der Waals surface area contributed by atoms with E-state index in [2.05, 4.69) is 35.8 Å². The van der Waals surface area contributed by atoms with Gasteiger partial charge in [-0.25, -0.2) is 0 Å². The van der Waals surface area contributed by atoms with E-state index in [0.717, 1.165) is 25.9 Å². The zero-order chi connectivity index (χ0) is 14.8. The minimum absolute atomic E-state index is 0.124. The maximum absolute atomic E-state index is 6.22. The van der Waals surface area contributed by atoms with Crippen LogP contribution in [0.4, 0.5) is 0 Å². The molecule has 2 rings (SSSR count). The van der Waals surface area contributed by atoms with Crippen molar-refractivity contribution in [1.82, 2.24) is 15.0 Å². The summed E-state index contributed by atoms with van der Waals surface area (Å²) in [5, 5.41) is 4.06. The van der Waals surface area contributed by atoms with Crippen molar-refractivity contribution in [2.75, 3.05) is 19.7 Å². The molecule has 0 saturated carbocycles. The van der Waals surface area contributed by atoms with E-state index < -0.39 is 5.54 Å². The second-order valence-corrected chi connectivity index (χ2v) is 6.07. The van der Waals surface area contributed by atoms with E-state index in [-0.39, 0.29) is 6.10 Å². The van der Waals surface area contributed by atoms with Crippen molar-refractivity contribution in [3.05, 3.63) is 11.7 Å². The summed E-state index contributed by atoms with van der Waals surface area (Å²) in [6.45, 7) is 10.8. The Labute approximate surface area is 120 Å². The van der Waals surface area contributed by atoms with Gasteiger partial charge in [0.05, 0.1) is 12.1 Å². The largest absolute Gasteiger partial charge is 0.367 e. The van der Waals surface area contributed by atoms with Crippen LogP contribution in [0.25, 0.3) is 0 Å². The van der Waals surface area contributed by atoms with Crippen LogP contribution < -0.4 is 5.73 Å². The molecule has 2 atom stereocenters. The number of morpholine rings is 1. The number of aromatic nitrogens is 2. The highest BCUT2D eigenvalue weighted by molar-refractivity contribution is 5.02. The Hall–Kier alpha value is -0.980. The number of nitrogens with two attached hydrogens (primary N) is 1. The van der Waals surface area contributed by atoms with Crippen LogP contribution in [0.1, 0.15) is 58.4 Å². The monoisotopic (exact) mass is 282 g/mol. The summed E-state index contributed by atoms with van der Waals surface area (Å²) in [7, 11) is 0. The number of ether oxygens (including phenoxy) is 1. The lowest BCUT2D eigenvalue weighted by Gasteiger charge is -2.34. The topological polar surface area (TPSA) is 77.4 Å². The molecule has 114 valence electrons. The number of rotatable bonds is 5. The van der Waals surface area contributed by atoms with Crippen LogP contribution in [0.5, 0.6) is 0 Å². The Morgan fingerprint density at radius 2 is 2.25 bits per heavy atom. The normalized spacial score (nSPS) is 24.0. The second-order valence-electron chi connectivity index (χ2n) is 6.07. The molecule has 20 heavy (non-hydrogen) atoms. The van der Waals surface area contributed by atoms with Gasteiger partial charge in [0, 0.05) is 19.1 Å². The molecule has 1 aromatic rings. The smallest absolute Gasteiger partial charge is 0.246 e. The van der Waals surface area contributed by atoms with Gasteiger partial charge in [-0.15, -0.1) is 0 Å². The molecule has 6 heteroatoms. The van der Waals surface area contributed by atoms with Crippen LogP contribution in [0.3, 0.4) is 0 Å².